The van der Waals surface area contributed by atoms with Gasteiger partial charge in [0.2, 0.25) is 0 Å². The molecule has 0 saturated heterocycles. The van der Waals surface area contributed by atoms with Crippen LogP contribution in [0.2, 0.25) is 0 Å². The molecule has 1 N–H and O–H groups in total. The summed E-state index contributed by atoms with van der Waals surface area (Å²) >= 11 is 0. The summed E-state index contributed by atoms with van der Waals surface area (Å²) in [6, 6.07) is 3.78. The maximum absolute atomic E-state index is 13.7. The van der Waals surface area contributed by atoms with Gasteiger partial charge in [0.25, 0.3) is 0 Å². The highest BCUT2D eigenvalue weighted by molar-refractivity contribution is 5.23. The highest BCUT2D eigenvalue weighted by Crippen LogP contribution is 2.21. The SMILES string of the molecule is CCCn1cc(C(Cc2c(F)cccc2F)NC)cn1. The van der Waals surface area contributed by atoms with Gasteiger partial charge in [0.05, 0.1) is 6.20 Å². The molecule has 2 rings (SSSR count). The first-order chi connectivity index (χ1) is 9.65. The summed E-state index contributed by atoms with van der Waals surface area (Å²) in [6.07, 6.45) is 4.92. The largest absolute Gasteiger partial charge is 0.313 e. The maximum Gasteiger partial charge on any atom is 0.129 e. The number of aromatic nitrogens is 2. The molecule has 108 valence electrons. The van der Waals surface area contributed by atoms with E-state index in [0.29, 0.717) is 0 Å². The number of nitrogens with zero attached hydrogens (tertiary/aromatic N) is 2. The van der Waals surface area contributed by atoms with Crippen molar-refractivity contribution in [2.45, 2.75) is 32.4 Å². The molecule has 1 aromatic heterocycles. The van der Waals surface area contributed by atoms with Gasteiger partial charge in [0.1, 0.15) is 11.6 Å². The summed E-state index contributed by atoms with van der Waals surface area (Å²) < 4.78 is 29.2. The van der Waals surface area contributed by atoms with Crippen molar-refractivity contribution in [3.8, 4) is 0 Å². The van der Waals surface area contributed by atoms with E-state index in [4.69, 9.17) is 0 Å². The number of nitrogens with one attached hydrogen (secondary N) is 1. The van der Waals surface area contributed by atoms with E-state index >= 15 is 0 Å². The van der Waals surface area contributed by atoms with Gasteiger partial charge in [-0.15, -0.1) is 0 Å². The van der Waals surface area contributed by atoms with Crippen molar-refractivity contribution in [1.82, 2.24) is 15.1 Å². The van der Waals surface area contributed by atoms with Crippen molar-refractivity contribution >= 4 is 0 Å². The van der Waals surface area contributed by atoms with Crippen molar-refractivity contribution < 1.29 is 8.78 Å². The highest BCUT2D eigenvalue weighted by Gasteiger charge is 2.17. The van der Waals surface area contributed by atoms with E-state index in [1.54, 1.807) is 13.2 Å². The van der Waals surface area contributed by atoms with Crippen molar-refractivity contribution in [3.63, 3.8) is 0 Å². The molecule has 2 aromatic rings. The third-order valence-corrected chi connectivity index (χ3v) is 3.33. The van der Waals surface area contributed by atoms with Crippen LogP contribution in [-0.4, -0.2) is 16.8 Å². The lowest BCUT2D eigenvalue weighted by atomic mass is 10.0. The van der Waals surface area contributed by atoms with E-state index in [1.165, 1.54) is 18.2 Å². The number of hydrogen-bond donors (Lipinski definition) is 1. The van der Waals surface area contributed by atoms with Crippen molar-refractivity contribution in [1.29, 1.82) is 0 Å². The molecule has 0 aliphatic carbocycles. The minimum atomic E-state index is -0.508. The normalized spacial score (nSPS) is 12.6. The third-order valence-electron chi connectivity index (χ3n) is 3.33. The Kier molecular flexibility index (Phi) is 4.84. The van der Waals surface area contributed by atoms with Gasteiger partial charge in [-0.2, -0.15) is 5.10 Å². The van der Waals surface area contributed by atoms with E-state index < -0.39 is 11.6 Å². The van der Waals surface area contributed by atoms with Gasteiger partial charge in [0.15, 0.2) is 0 Å². The van der Waals surface area contributed by atoms with E-state index in [9.17, 15) is 8.78 Å². The van der Waals surface area contributed by atoms with Crippen LogP contribution in [0.5, 0.6) is 0 Å². The van der Waals surface area contributed by atoms with Crippen molar-refractivity contribution in [3.05, 3.63) is 53.4 Å². The Morgan fingerprint density at radius 2 is 2.00 bits per heavy atom. The summed E-state index contributed by atoms with van der Waals surface area (Å²) in [5.74, 6) is -1.02. The fourth-order valence-corrected chi connectivity index (χ4v) is 2.23. The maximum atomic E-state index is 13.7. The zero-order valence-corrected chi connectivity index (χ0v) is 11.7. The number of aryl methyl sites for hydroxylation is 1. The zero-order valence-electron chi connectivity index (χ0n) is 11.7. The van der Waals surface area contributed by atoms with Crippen LogP contribution >= 0.6 is 0 Å². The molecular weight excluding hydrogens is 260 g/mol. The van der Waals surface area contributed by atoms with E-state index in [2.05, 4.69) is 17.3 Å². The monoisotopic (exact) mass is 279 g/mol. The standard InChI is InChI=1S/C15H19F2N3/c1-3-7-20-10-11(9-19-20)15(18-2)8-12-13(16)5-4-6-14(12)17/h4-6,9-10,15,18H,3,7-8H2,1-2H3. The lowest BCUT2D eigenvalue weighted by molar-refractivity contribution is 0.514. The number of rotatable bonds is 6. The molecule has 0 bridgehead atoms. The molecule has 5 heteroatoms. The first kappa shape index (κ1) is 14.7. The molecular formula is C15H19F2N3. The summed E-state index contributed by atoms with van der Waals surface area (Å²) in [5, 5.41) is 7.34. The predicted molar refractivity (Wildman–Crippen MR) is 74.4 cm³/mol. The average molecular weight is 279 g/mol. The lowest BCUT2D eigenvalue weighted by Crippen LogP contribution is -2.19. The second-order valence-electron chi connectivity index (χ2n) is 4.78. The second kappa shape index (κ2) is 6.61. The smallest absolute Gasteiger partial charge is 0.129 e. The van der Waals surface area contributed by atoms with Crippen LogP contribution in [0, 0.1) is 11.6 Å². The zero-order chi connectivity index (χ0) is 14.5. The van der Waals surface area contributed by atoms with Crippen LogP contribution in [0.3, 0.4) is 0 Å². The number of halogens is 2. The lowest BCUT2D eigenvalue weighted by Gasteiger charge is -2.15. The fourth-order valence-electron chi connectivity index (χ4n) is 2.23. The Morgan fingerprint density at radius 1 is 1.30 bits per heavy atom. The van der Waals surface area contributed by atoms with Crippen LogP contribution < -0.4 is 5.32 Å². The van der Waals surface area contributed by atoms with Gasteiger partial charge in [0, 0.05) is 29.9 Å². The summed E-state index contributed by atoms with van der Waals surface area (Å²) in [4.78, 5) is 0. The molecule has 0 aliphatic heterocycles. The minimum absolute atomic E-state index is 0.107. The van der Waals surface area contributed by atoms with Gasteiger partial charge in [-0.1, -0.05) is 13.0 Å². The van der Waals surface area contributed by atoms with Gasteiger partial charge < -0.3 is 5.32 Å². The molecule has 0 aliphatic rings. The molecule has 1 aromatic carbocycles. The minimum Gasteiger partial charge on any atom is -0.313 e. The number of benzene rings is 1. The Morgan fingerprint density at radius 3 is 2.60 bits per heavy atom. The molecule has 20 heavy (non-hydrogen) atoms. The highest BCUT2D eigenvalue weighted by atomic mass is 19.1. The van der Waals surface area contributed by atoms with Crippen LogP contribution in [0.15, 0.2) is 30.6 Å². The number of likely N-dealkylation sites (N-methyl/N-ethyl adjacent to an activating group) is 1. The Bertz CT molecular complexity index is 546. The summed E-state index contributed by atoms with van der Waals surface area (Å²) in [5.41, 5.74) is 1.04. The van der Waals surface area contributed by atoms with Gasteiger partial charge in [-0.3, -0.25) is 4.68 Å². The summed E-state index contributed by atoms with van der Waals surface area (Å²) in [6.45, 7) is 2.91. The predicted octanol–water partition coefficient (Wildman–Crippen LogP) is 3.07. The van der Waals surface area contributed by atoms with Crippen molar-refractivity contribution in [2.24, 2.45) is 0 Å². The van der Waals surface area contributed by atoms with E-state index in [-0.39, 0.29) is 18.0 Å². The van der Waals surface area contributed by atoms with Gasteiger partial charge in [-0.25, -0.2) is 8.78 Å². The van der Waals surface area contributed by atoms with Gasteiger partial charge in [-0.05, 0) is 32.0 Å². The molecule has 0 saturated carbocycles. The molecule has 1 unspecified atom stereocenters. The van der Waals surface area contributed by atoms with Crippen molar-refractivity contribution in [2.75, 3.05) is 7.05 Å². The molecule has 0 amide bonds. The molecule has 0 radical (unpaired) electrons. The molecule has 1 heterocycles. The Hall–Kier alpha value is -1.75. The van der Waals surface area contributed by atoms with E-state index in [0.717, 1.165) is 18.5 Å². The molecule has 0 fully saturated rings. The third kappa shape index (κ3) is 3.22. The van der Waals surface area contributed by atoms with Crippen LogP contribution in [0.25, 0.3) is 0 Å². The fraction of sp³-hybridized carbons (Fsp3) is 0.400. The van der Waals surface area contributed by atoms with Crippen LogP contribution in [-0.2, 0) is 13.0 Å². The van der Waals surface area contributed by atoms with Gasteiger partial charge >= 0.3 is 0 Å². The average Bonchev–Trinajstić information content (AvgIpc) is 2.87. The molecule has 0 spiro atoms. The van der Waals surface area contributed by atoms with Crippen LogP contribution in [0.4, 0.5) is 8.78 Å². The Balaban J connectivity index is 2.20. The number of hydrogen-bond acceptors (Lipinski definition) is 2. The molecule has 1 atom stereocenters. The Labute approximate surface area is 117 Å². The van der Waals surface area contributed by atoms with E-state index in [1.807, 2.05) is 10.9 Å². The summed E-state index contributed by atoms with van der Waals surface area (Å²) in [7, 11) is 1.78. The second-order valence-corrected chi connectivity index (χ2v) is 4.78. The van der Waals surface area contributed by atoms with Crippen LogP contribution in [0.1, 0.15) is 30.5 Å². The quantitative estimate of drug-likeness (QED) is 0.880. The first-order valence-corrected chi connectivity index (χ1v) is 6.78. The molecule has 3 nitrogen and oxygen atoms in total. The first-order valence-electron chi connectivity index (χ1n) is 6.78. The topological polar surface area (TPSA) is 29.9 Å².